The van der Waals surface area contributed by atoms with Crippen LogP contribution in [-0.4, -0.2) is 24.7 Å². The molecule has 0 unspecified atom stereocenters. The van der Waals surface area contributed by atoms with Crippen molar-refractivity contribution in [3.8, 4) is 5.75 Å². The van der Waals surface area contributed by atoms with Crippen LogP contribution in [0.1, 0.15) is 31.7 Å². The van der Waals surface area contributed by atoms with Crippen molar-refractivity contribution in [2.24, 2.45) is 0 Å². The van der Waals surface area contributed by atoms with Crippen LogP contribution in [0.5, 0.6) is 5.75 Å². The lowest BCUT2D eigenvalue weighted by atomic mass is 10.1. The van der Waals surface area contributed by atoms with Crippen LogP contribution in [0.3, 0.4) is 0 Å². The van der Waals surface area contributed by atoms with E-state index in [1.165, 1.54) is 24.9 Å². The van der Waals surface area contributed by atoms with Gasteiger partial charge >= 0.3 is 0 Å². The van der Waals surface area contributed by atoms with Crippen molar-refractivity contribution in [2.75, 3.05) is 29.9 Å². The first-order valence-electron chi connectivity index (χ1n) is 10.1. The minimum Gasteiger partial charge on any atom is -0.494 e. The normalized spacial score (nSPS) is 14.2. The quantitative estimate of drug-likeness (QED) is 0.663. The number of piperidine rings is 1. The zero-order valence-corrected chi connectivity index (χ0v) is 16.3. The molecule has 0 atom stereocenters. The summed E-state index contributed by atoms with van der Waals surface area (Å²) in [7, 11) is 0. The first-order chi connectivity index (χ1) is 13.7. The Morgan fingerprint density at radius 1 is 1.04 bits per heavy atom. The first-order valence-corrected chi connectivity index (χ1v) is 10.1. The van der Waals surface area contributed by atoms with Gasteiger partial charge in [0.2, 0.25) is 0 Å². The number of hydrogen-bond donors (Lipinski definition) is 2. The highest BCUT2D eigenvalue weighted by Gasteiger charge is 2.10. The SMILES string of the molecule is CCOc1ccc2[nH]c(=O)c(CNc3ccc(N4CCCCC4)cc3)cc2c1. The van der Waals surface area contributed by atoms with Gasteiger partial charge in [0.1, 0.15) is 5.75 Å². The van der Waals surface area contributed by atoms with Crippen LogP contribution in [0.25, 0.3) is 10.9 Å². The Kier molecular flexibility index (Phi) is 5.51. The molecule has 4 rings (SSSR count). The van der Waals surface area contributed by atoms with E-state index >= 15 is 0 Å². The Bertz CT molecular complexity index is 989. The van der Waals surface area contributed by atoms with Crippen LogP contribution < -0.4 is 20.5 Å². The van der Waals surface area contributed by atoms with E-state index in [-0.39, 0.29) is 5.56 Å². The summed E-state index contributed by atoms with van der Waals surface area (Å²) in [4.78, 5) is 17.8. The zero-order valence-electron chi connectivity index (χ0n) is 16.3. The molecular formula is C23H27N3O2. The highest BCUT2D eigenvalue weighted by molar-refractivity contribution is 5.80. The topological polar surface area (TPSA) is 57.4 Å². The van der Waals surface area contributed by atoms with E-state index in [1.54, 1.807) is 0 Å². The number of nitrogens with zero attached hydrogens (tertiary/aromatic N) is 1. The van der Waals surface area contributed by atoms with Gasteiger partial charge in [-0.25, -0.2) is 0 Å². The van der Waals surface area contributed by atoms with Crippen LogP contribution in [0, 0.1) is 0 Å². The van der Waals surface area contributed by atoms with E-state index in [0.29, 0.717) is 18.7 Å². The molecule has 1 aliphatic heterocycles. The number of fused-ring (bicyclic) bond motifs is 1. The van der Waals surface area contributed by atoms with Gasteiger partial charge in [0, 0.05) is 47.5 Å². The second-order valence-electron chi connectivity index (χ2n) is 7.25. The second kappa shape index (κ2) is 8.38. The number of rotatable bonds is 6. The molecule has 2 aromatic carbocycles. The van der Waals surface area contributed by atoms with Gasteiger partial charge in [-0.2, -0.15) is 0 Å². The summed E-state index contributed by atoms with van der Waals surface area (Å²) < 4.78 is 5.56. The number of pyridine rings is 1. The molecule has 28 heavy (non-hydrogen) atoms. The average molecular weight is 377 g/mol. The van der Waals surface area contributed by atoms with Gasteiger partial charge in [0.05, 0.1) is 6.61 Å². The number of benzene rings is 2. The molecule has 0 radical (unpaired) electrons. The van der Waals surface area contributed by atoms with E-state index in [2.05, 4.69) is 39.5 Å². The zero-order chi connectivity index (χ0) is 19.3. The van der Waals surface area contributed by atoms with E-state index < -0.39 is 0 Å². The summed E-state index contributed by atoms with van der Waals surface area (Å²) in [6.07, 6.45) is 3.88. The largest absolute Gasteiger partial charge is 0.494 e. The predicted octanol–water partition coefficient (Wildman–Crippen LogP) is 4.53. The third-order valence-corrected chi connectivity index (χ3v) is 5.28. The number of nitrogens with one attached hydrogen (secondary N) is 2. The Morgan fingerprint density at radius 3 is 2.57 bits per heavy atom. The molecule has 1 aliphatic rings. The highest BCUT2D eigenvalue weighted by atomic mass is 16.5. The van der Waals surface area contributed by atoms with E-state index in [1.807, 2.05) is 31.2 Å². The molecule has 5 heteroatoms. The third kappa shape index (κ3) is 4.14. The van der Waals surface area contributed by atoms with Crippen LogP contribution >= 0.6 is 0 Å². The number of anilines is 2. The molecule has 5 nitrogen and oxygen atoms in total. The Labute approximate surface area is 165 Å². The number of aromatic amines is 1. The van der Waals surface area contributed by atoms with Crippen molar-refractivity contribution in [1.82, 2.24) is 4.98 Å². The summed E-state index contributed by atoms with van der Waals surface area (Å²) in [5, 5.41) is 4.34. The number of H-pyrrole nitrogens is 1. The molecule has 0 saturated carbocycles. The lowest BCUT2D eigenvalue weighted by Gasteiger charge is -2.28. The van der Waals surface area contributed by atoms with Crippen molar-refractivity contribution in [1.29, 1.82) is 0 Å². The maximum atomic E-state index is 12.4. The summed E-state index contributed by atoms with van der Waals surface area (Å²) in [5.41, 5.74) is 3.76. The van der Waals surface area contributed by atoms with Crippen molar-refractivity contribution in [3.05, 3.63) is 64.4 Å². The van der Waals surface area contributed by atoms with Crippen molar-refractivity contribution in [2.45, 2.75) is 32.7 Å². The lowest BCUT2D eigenvalue weighted by molar-refractivity contribution is 0.340. The Hall–Kier alpha value is -2.95. The van der Waals surface area contributed by atoms with Gasteiger partial charge in [0.15, 0.2) is 0 Å². The molecular weight excluding hydrogens is 350 g/mol. The smallest absolute Gasteiger partial charge is 0.253 e. The van der Waals surface area contributed by atoms with Gasteiger partial charge in [-0.1, -0.05) is 0 Å². The minimum absolute atomic E-state index is 0.0610. The Balaban J connectivity index is 1.47. The molecule has 0 aliphatic carbocycles. The van der Waals surface area contributed by atoms with Crippen LogP contribution in [0.2, 0.25) is 0 Å². The fourth-order valence-electron chi connectivity index (χ4n) is 3.76. The van der Waals surface area contributed by atoms with Gasteiger partial charge in [-0.05, 0) is 74.7 Å². The number of ether oxygens (including phenoxy) is 1. The minimum atomic E-state index is -0.0610. The molecule has 2 heterocycles. The molecule has 2 N–H and O–H groups in total. The van der Waals surface area contributed by atoms with Crippen molar-refractivity contribution >= 4 is 22.3 Å². The summed E-state index contributed by atoms with van der Waals surface area (Å²) in [6.45, 7) is 5.35. The molecule has 0 spiro atoms. The molecule has 1 aromatic heterocycles. The number of aromatic nitrogens is 1. The molecule has 1 saturated heterocycles. The molecule has 146 valence electrons. The van der Waals surface area contributed by atoms with Crippen molar-refractivity contribution in [3.63, 3.8) is 0 Å². The molecule has 3 aromatic rings. The Morgan fingerprint density at radius 2 is 1.82 bits per heavy atom. The molecule has 1 fully saturated rings. The monoisotopic (exact) mass is 377 g/mol. The summed E-state index contributed by atoms with van der Waals surface area (Å²) in [6, 6.07) is 16.2. The van der Waals surface area contributed by atoms with Gasteiger partial charge in [-0.15, -0.1) is 0 Å². The lowest BCUT2D eigenvalue weighted by Crippen LogP contribution is -2.29. The van der Waals surface area contributed by atoms with Gasteiger partial charge < -0.3 is 19.9 Å². The fraction of sp³-hybridized carbons (Fsp3) is 0.348. The standard InChI is InChI=1S/C23H27N3O2/c1-2-28-21-10-11-22-17(15-21)14-18(23(27)25-22)16-24-19-6-8-20(9-7-19)26-12-4-3-5-13-26/h6-11,14-15,24H,2-5,12-13,16H2,1H3,(H,25,27). The number of hydrogen-bond acceptors (Lipinski definition) is 4. The highest BCUT2D eigenvalue weighted by Crippen LogP contribution is 2.23. The van der Waals surface area contributed by atoms with E-state index in [0.717, 1.165) is 35.4 Å². The molecule has 0 bridgehead atoms. The van der Waals surface area contributed by atoms with Gasteiger partial charge in [0.25, 0.3) is 5.56 Å². The van der Waals surface area contributed by atoms with Crippen LogP contribution in [-0.2, 0) is 6.54 Å². The molecule has 0 amide bonds. The van der Waals surface area contributed by atoms with Gasteiger partial charge in [-0.3, -0.25) is 4.79 Å². The van der Waals surface area contributed by atoms with E-state index in [9.17, 15) is 4.79 Å². The van der Waals surface area contributed by atoms with E-state index in [4.69, 9.17) is 4.74 Å². The first kappa shape index (κ1) is 18.4. The van der Waals surface area contributed by atoms with Crippen LogP contribution in [0.4, 0.5) is 11.4 Å². The maximum absolute atomic E-state index is 12.4. The maximum Gasteiger partial charge on any atom is 0.253 e. The van der Waals surface area contributed by atoms with Crippen molar-refractivity contribution < 1.29 is 4.74 Å². The van der Waals surface area contributed by atoms with Crippen LogP contribution in [0.15, 0.2) is 53.3 Å². The second-order valence-corrected chi connectivity index (χ2v) is 7.25. The summed E-state index contributed by atoms with van der Waals surface area (Å²) >= 11 is 0. The summed E-state index contributed by atoms with van der Waals surface area (Å²) in [5.74, 6) is 0.814. The predicted molar refractivity (Wildman–Crippen MR) is 116 cm³/mol. The fourth-order valence-corrected chi connectivity index (χ4v) is 3.76. The average Bonchev–Trinajstić information content (AvgIpc) is 2.74. The third-order valence-electron chi connectivity index (χ3n) is 5.28.